The van der Waals surface area contributed by atoms with Gasteiger partial charge in [0.05, 0.1) is 13.2 Å². The van der Waals surface area contributed by atoms with Crippen molar-refractivity contribution in [1.29, 1.82) is 0 Å². The fourth-order valence-electron chi connectivity index (χ4n) is 0.859. The normalized spacial score (nSPS) is 31.1. The van der Waals surface area contributed by atoms with Gasteiger partial charge in [0.15, 0.2) is 12.2 Å². The minimum atomic E-state index is -1.17. The molecule has 1 aliphatic rings. The van der Waals surface area contributed by atoms with E-state index >= 15 is 0 Å². The van der Waals surface area contributed by atoms with Crippen LogP contribution in [0.5, 0.6) is 0 Å². The molecule has 1 heterocycles. The van der Waals surface area contributed by atoms with E-state index in [0.29, 0.717) is 0 Å². The summed E-state index contributed by atoms with van der Waals surface area (Å²) < 4.78 is 4.86. The van der Waals surface area contributed by atoms with Gasteiger partial charge in [-0.05, 0) is 0 Å². The van der Waals surface area contributed by atoms with Crippen LogP contribution < -0.4 is 0 Å². The maximum atomic E-state index is 10.5. The molecule has 0 amide bonds. The Morgan fingerprint density at radius 1 is 1.50 bits per heavy atom. The molecule has 0 saturated carbocycles. The molecule has 12 heavy (non-hydrogen) atoms. The van der Waals surface area contributed by atoms with E-state index in [9.17, 15) is 4.79 Å². The Morgan fingerprint density at radius 3 is 2.83 bits per heavy atom. The van der Waals surface area contributed by atoms with Crippen LogP contribution in [-0.4, -0.2) is 48.2 Å². The van der Waals surface area contributed by atoms with Crippen LogP contribution in [-0.2, 0) is 19.3 Å². The zero-order chi connectivity index (χ0) is 8.97. The fraction of sp³-hybridized carbons (Fsp3) is 0.833. The Hall–Kier alpha value is -0.690. The second kappa shape index (κ2) is 4.36. The highest BCUT2D eigenvalue weighted by Gasteiger charge is 2.32. The first-order valence-electron chi connectivity index (χ1n) is 3.49. The smallest absolute Gasteiger partial charge is 0.335 e. The van der Waals surface area contributed by atoms with Gasteiger partial charge in [-0.15, -0.1) is 0 Å². The molecule has 1 fully saturated rings. The molecule has 70 valence electrons. The number of aliphatic hydroxyl groups is 1. The summed E-state index contributed by atoms with van der Waals surface area (Å²) in [5, 5.41) is 17.3. The highest BCUT2D eigenvalue weighted by Crippen LogP contribution is 2.08. The third-order valence-corrected chi connectivity index (χ3v) is 1.42. The van der Waals surface area contributed by atoms with Gasteiger partial charge in [-0.1, -0.05) is 0 Å². The molecule has 0 bridgehead atoms. The predicted molar refractivity (Wildman–Crippen MR) is 35.3 cm³/mol. The van der Waals surface area contributed by atoms with Crippen molar-refractivity contribution in [3.8, 4) is 0 Å². The number of hydrogen-bond donors (Lipinski definition) is 2. The zero-order valence-corrected chi connectivity index (χ0v) is 6.30. The number of hydrogen-bond acceptors (Lipinski definition) is 5. The molecule has 1 saturated heterocycles. The minimum absolute atomic E-state index is 0.146. The van der Waals surface area contributed by atoms with Gasteiger partial charge in [0.1, 0.15) is 6.61 Å². The molecule has 2 N–H and O–H groups in total. The molecule has 1 rings (SSSR count). The molecule has 0 aromatic carbocycles. The summed E-state index contributed by atoms with van der Waals surface area (Å²) in [6.07, 6.45) is -2.11. The molecule has 0 aliphatic carbocycles. The Morgan fingerprint density at radius 2 is 2.25 bits per heavy atom. The summed E-state index contributed by atoms with van der Waals surface area (Å²) in [6.45, 7) is -0.134. The van der Waals surface area contributed by atoms with Crippen LogP contribution in [0.2, 0.25) is 0 Å². The molecule has 0 radical (unpaired) electrons. The van der Waals surface area contributed by atoms with Gasteiger partial charge >= 0.3 is 5.97 Å². The van der Waals surface area contributed by atoms with Crippen LogP contribution in [0.25, 0.3) is 0 Å². The van der Waals surface area contributed by atoms with Gasteiger partial charge in [0.2, 0.25) is 0 Å². The number of aliphatic carboxylic acids is 1. The van der Waals surface area contributed by atoms with Gasteiger partial charge in [0, 0.05) is 0 Å². The van der Waals surface area contributed by atoms with Crippen molar-refractivity contribution < 1.29 is 29.5 Å². The second-order valence-corrected chi connectivity index (χ2v) is 2.27. The van der Waals surface area contributed by atoms with Gasteiger partial charge < -0.3 is 14.9 Å². The number of carboxylic acids is 1. The average Bonchev–Trinajstić information content (AvgIpc) is 2.27. The Kier molecular flexibility index (Phi) is 3.42. The molecule has 1 aliphatic heterocycles. The summed E-state index contributed by atoms with van der Waals surface area (Å²) in [5.74, 6) is -1.17. The van der Waals surface area contributed by atoms with E-state index in [-0.39, 0.29) is 13.2 Å². The zero-order valence-electron chi connectivity index (χ0n) is 6.30. The van der Waals surface area contributed by atoms with E-state index in [2.05, 4.69) is 9.78 Å². The van der Waals surface area contributed by atoms with Crippen molar-refractivity contribution in [2.45, 2.75) is 12.2 Å². The summed E-state index contributed by atoms with van der Waals surface area (Å²) in [4.78, 5) is 19.6. The molecule has 2 unspecified atom stereocenters. The summed E-state index contributed by atoms with van der Waals surface area (Å²) in [6, 6.07) is 0. The van der Waals surface area contributed by atoms with E-state index in [1.807, 2.05) is 0 Å². The predicted octanol–water partition coefficient (Wildman–Crippen LogP) is -1.22. The highest BCUT2D eigenvalue weighted by atomic mass is 17.2. The summed E-state index contributed by atoms with van der Waals surface area (Å²) in [5.41, 5.74) is 0. The Bertz CT molecular complexity index is 158. The topological polar surface area (TPSA) is 85.2 Å². The second-order valence-electron chi connectivity index (χ2n) is 2.27. The SMILES string of the molecule is O=C(O)C1OCCOOC1CO. The minimum Gasteiger partial charge on any atom is -0.479 e. The lowest BCUT2D eigenvalue weighted by molar-refractivity contribution is -0.323. The summed E-state index contributed by atoms with van der Waals surface area (Å²) >= 11 is 0. The highest BCUT2D eigenvalue weighted by molar-refractivity contribution is 5.73. The van der Waals surface area contributed by atoms with E-state index in [1.54, 1.807) is 0 Å². The lowest BCUT2D eigenvalue weighted by Gasteiger charge is -2.16. The van der Waals surface area contributed by atoms with Gasteiger partial charge in [-0.25, -0.2) is 14.6 Å². The monoisotopic (exact) mass is 178 g/mol. The van der Waals surface area contributed by atoms with E-state index < -0.39 is 24.8 Å². The maximum absolute atomic E-state index is 10.5. The van der Waals surface area contributed by atoms with E-state index in [1.165, 1.54) is 0 Å². The van der Waals surface area contributed by atoms with Crippen molar-refractivity contribution in [3.63, 3.8) is 0 Å². The van der Waals surface area contributed by atoms with Gasteiger partial charge in [-0.3, -0.25) is 0 Å². The van der Waals surface area contributed by atoms with Crippen LogP contribution in [0.15, 0.2) is 0 Å². The Labute approximate surface area is 68.6 Å². The van der Waals surface area contributed by atoms with Crippen LogP contribution in [0.3, 0.4) is 0 Å². The first kappa shape index (κ1) is 9.40. The number of carbonyl (C=O) groups is 1. The van der Waals surface area contributed by atoms with Crippen LogP contribution in [0.4, 0.5) is 0 Å². The van der Waals surface area contributed by atoms with Crippen LogP contribution >= 0.6 is 0 Å². The van der Waals surface area contributed by atoms with E-state index in [0.717, 1.165) is 0 Å². The lowest BCUT2D eigenvalue weighted by Crippen LogP contribution is -2.39. The maximum Gasteiger partial charge on any atom is 0.335 e. The molecule has 6 heteroatoms. The van der Waals surface area contributed by atoms with Gasteiger partial charge in [-0.2, -0.15) is 0 Å². The number of ether oxygens (including phenoxy) is 1. The first-order valence-corrected chi connectivity index (χ1v) is 3.49. The van der Waals surface area contributed by atoms with Crippen molar-refractivity contribution in [1.82, 2.24) is 0 Å². The lowest BCUT2D eigenvalue weighted by atomic mass is 10.2. The van der Waals surface area contributed by atoms with Crippen molar-refractivity contribution in [2.24, 2.45) is 0 Å². The molecule has 6 nitrogen and oxygen atoms in total. The summed E-state index contributed by atoms with van der Waals surface area (Å²) in [7, 11) is 0. The third-order valence-electron chi connectivity index (χ3n) is 1.42. The molecule has 2 atom stereocenters. The van der Waals surface area contributed by atoms with Crippen LogP contribution in [0.1, 0.15) is 0 Å². The van der Waals surface area contributed by atoms with Crippen molar-refractivity contribution >= 4 is 5.97 Å². The molecule has 0 aromatic heterocycles. The largest absolute Gasteiger partial charge is 0.479 e. The average molecular weight is 178 g/mol. The third kappa shape index (κ3) is 2.15. The standard InChI is InChI=1S/C6H10O6/c7-3-4-5(6(8)9)10-1-2-11-12-4/h4-5,7H,1-3H2,(H,8,9). The quantitative estimate of drug-likeness (QED) is 0.515. The molecule has 0 spiro atoms. The van der Waals surface area contributed by atoms with E-state index in [4.69, 9.17) is 14.9 Å². The van der Waals surface area contributed by atoms with Crippen molar-refractivity contribution in [3.05, 3.63) is 0 Å². The van der Waals surface area contributed by atoms with Crippen molar-refractivity contribution in [2.75, 3.05) is 19.8 Å². The number of carboxylic acid groups (broad SMARTS) is 1. The fourth-order valence-corrected chi connectivity index (χ4v) is 0.859. The molecule has 0 aromatic rings. The first-order chi connectivity index (χ1) is 5.75. The number of aliphatic hydroxyl groups excluding tert-OH is 1. The van der Waals surface area contributed by atoms with Gasteiger partial charge in [0.25, 0.3) is 0 Å². The molecular formula is C6H10O6. The number of rotatable bonds is 2. The molecular weight excluding hydrogens is 168 g/mol. The van der Waals surface area contributed by atoms with Crippen LogP contribution in [0, 0.1) is 0 Å². The Balaban J connectivity index is 2.57.